The van der Waals surface area contributed by atoms with Crippen LogP contribution in [0.5, 0.6) is 0 Å². The molecule has 2 N–H and O–H groups in total. The van der Waals surface area contributed by atoms with Gasteiger partial charge < -0.3 is 10.6 Å². The largest absolute Gasteiger partial charge is 0.382 e. The van der Waals surface area contributed by atoms with Gasteiger partial charge >= 0.3 is 0 Å². The average Bonchev–Trinajstić information content (AvgIpc) is 2.34. The van der Waals surface area contributed by atoms with Gasteiger partial charge in [0.25, 0.3) is 5.91 Å². The minimum atomic E-state index is 0.00390. The molecule has 3 nitrogen and oxygen atoms in total. The number of nitrogens with one attached hydrogen (secondary N) is 2. The average molecular weight is 274 g/mol. The molecule has 2 rings (SSSR count). The van der Waals surface area contributed by atoms with Gasteiger partial charge in [-0.05, 0) is 56.2 Å². The first kappa shape index (κ1) is 14.9. The van der Waals surface area contributed by atoms with Crippen molar-refractivity contribution in [3.05, 3.63) is 29.3 Å². The predicted molar refractivity (Wildman–Crippen MR) is 84.2 cm³/mol. The van der Waals surface area contributed by atoms with Crippen LogP contribution in [0.1, 0.15) is 49.5 Å². The predicted octanol–water partition coefficient (Wildman–Crippen LogP) is 3.59. The summed E-state index contributed by atoms with van der Waals surface area (Å²) in [6.45, 7) is 9.27. The maximum Gasteiger partial charge on any atom is 0.251 e. The van der Waals surface area contributed by atoms with Gasteiger partial charge in [-0.25, -0.2) is 0 Å². The Labute approximate surface area is 122 Å². The van der Waals surface area contributed by atoms with Gasteiger partial charge in [0.05, 0.1) is 0 Å². The van der Waals surface area contributed by atoms with E-state index in [-0.39, 0.29) is 5.91 Å². The van der Waals surface area contributed by atoms with Crippen LogP contribution < -0.4 is 10.6 Å². The Morgan fingerprint density at radius 1 is 1.35 bits per heavy atom. The van der Waals surface area contributed by atoms with E-state index >= 15 is 0 Å². The Kier molecular flexibility index (Phi) is 4.69. The Morgan fingerprint density at radius 2 is 2.05 bits per heavy atom. The van der Waals surface area contributed by atoms with Gasteiger partial charge in [-0.2, -0.15) is 0 Å². The van der Waals surface area contributed by atoms with Crippen molar-refractivity contribution < 1.29 is 4.79 Å². The Morgan fingerprint density at radius 3 is 2.65 bits per heavy atom. The van der Waals surface area contributed by atoms with Crippen LogP contribution in [0.2, 0.25) is 0 Å². The second-order valence-corrected chi connectivity index (χ2v) is 6.21. The minimum Gasteiger partial charge on any atom is -0.382 e. The van der Waals surface area contributed by atoms with Gasteiger partial charge in [-0.1, -0.05) is 19.9 Å². The van der Waals surface area contributed by atoms with Crippen LogP contribution in [0.25, 0.3) is 0 Å². The Balaban J connectivity index is 2.01. The third-order valence-corrected chi connectivity index (χ3v) is 4.31. The molecular weight excluding hydrogens is 248 g/mol. The van der Waals surface area contributed by atoms with Crippen molar-refractivity contribution in [2.45, 2.75) is 46.6 Å². The smallest absolute Gasteiger partial charge is 0.251 e. The fourth-order valence-electron chi connectivity index (χ4n) is 2.73. The molecule has 1 aromatic rings. The summed E-state index contributed by atoms with van der Waals surface area (Å²) in [5.41, 5.74) is 3.03. The Hall–Kier alpha value is -1.51. The lowest BCUT2D eigenvalue weighted by Gasteiger charge is -2.39. The maximum atomic E-state index is 11.9. The molecule has 0 spiro atoms. The third-order valence-electron chi connectivity index (χ3n) is 4.31. The molecule has 1 fully saturated rings. The molecule has 0 atom stereocenters. The number of hydrogen-bond donors (Lipinski definition) is 2. The number of aryl methyl sites for hydroxylation is 1. The van der Waals surface area contributed by atoms with Crippen LogP contribution in [-0.2, 0) is 0 Å². The van der Waals surface area contributed by atoms with E-state index in [1.807, 2.05) is 25.1 Å². The molecule has 0 saturated heterocycles. The minimum absolute atomic E-state index is 0.00390. The summed E-state index contributed by atoms with van der Waals surface area (Å²) in [7, 11) is 0. The second-order valence-electron chi connectivity index (χ2n) is 6.21. The normalized spacial score (nSPS) is 21.4. The summed E-state index contributed by atoms with van der Waals surface area (Å²) >= 11 is 0. The van der Waals surface area contributed by atoms with E-state index in [2.05, 4.69) is 31.4 Å². The van der Waals surface area contributed by atoms with Crippen molar-refractivity contribution in [3.63, 3.8) is 0 Å². The molecule has 20 heavy (non-hydrogen) atoms. The van der Waals surface area contributed by atoms with Crippen molar-refractivity contribution in [2.75, 3.05) is 11.9 Å². The zero-order valence-electron chi connectivity index (χ0n) is 13.0. The molecule has 1 aliphatic carbocycles. The molecule has 0 aliphatic heterocycles. The van der Waals surface area contributed by atoms with E-state index in [1.165, 1.54) is 18.4 Å². The first-order valence-electron chi connectivity index (χ1n) is 7.66. The highest BCUT2D eigenvalue weighted by Crippen LogP contribution is 2.36. The summed E-state index contributed by atoms with van der Waals surface area (Å²) in [5, 5.41) is 6.43. The highest BCUT2D eigenvalue weighted by Gasteiger charge is 2.31. The third kappa shape index (κ3) is 3.33. The van der Waals surface area contributed by atoms with E-state index in [4.69, 9.17) is 0 Å². The fraction of sp³-hybridized carbons (Fsp3) is 0.588. The van der Waals surface area contributed by atoms with Gasteiger partial charge in [0.15, 0.2) is 0 Å². The molecule has 0 heterocycles. The van der Waals surface area contributed by atoms with Crippen molar-refractivity contribution in [3.8, 4) is 0 Å². The molecule has 1 aliphatic rings. The molecule has 0 bridgehead atoms. The first-order chi connectivity index (χ1) is 9.51. The summed E-state index contributed by atoms with van der Waals surface area (Å²) in [5.74, 6) is 1.62. The number of carbonyl (C=O) groups excluding carboxylic acids is 1. The summed E-state index contributed by atoms with van der Waals surface area (Å²) in [4.78, 5) is 11.9. The van der Waals surface area contributed by atoms with E-state index in [9.17, 15) is 4.79 Å². The van der Waals surface area contributed by atoms with Gasteiger partial charge in [0.1, 0.15) is 0 Å². The standard InChI is InChI=1S/C17H26N2O/c1-5-18-17(20)13-7-6-12(4)16(10-13)19-15-8-14(9-15)11(2)3/h6-7,10-11,14-15,19H,5,8-9H2,1-4H3,(H,18,20). The molecule has 1 saturated carbocycles. The van der Waals surface area contributed by atoms with Crippen LogP contribution >= 0.6 is 0 Å². The van der Waals surface area contributed by atoms with Gasteiger partial charge in [0.2, 0.25) is 0 Å². The topological polar surface area (TPSA) is 41.1 Å². The molecule has 0 radical (unpaired) electrons. The first-order valence-corrected chi connectivity index (χ1v) is 7.66. The monoisotopic (exact) mass is 274 g/mol. The molecular formula is C17H26N2O. The second kappa shape index (κ2) is 6.29. The fourth-order valence-corrected chi connectivity index (χ4v) is 2.73. The molecule has 0 unspecified atom stereocenters. The summed E-state index contributed by atoms with van der Waals surface area (Å²) in [6, 6.07) is 6.45. The number of benzene rings is 1. The maximum absolute atomic E-state index is 11.9. The lowest BCUT2D eigenvalue weighted by Crippen LogP contribution is -2.38. The van der Waals surface area contributed by atoms with Gasteiger partial charge in [0, 0.05) is 23.8 Å². The van der Waals surface area contributed by atoms with E-state index < -0.39 is 0 Å². The lowest BCUT2D eigenvalue weighted by atomic mass is 9.73. The number of anilines is 1. The van der Waals surface area contributed by atoms with Crippen LogP contribution in [0, 0.1) is 18.8 Å². The highest BCUT2D eigenvalue weighted by atomic mass is 16.1. The molecule has 110 valence electrons. The van der Waals surface area contributed by atoms with Crippen LogP contribution in [0.15, 0.2) is 18.2 Å². The van der Waals surface area contributed by atoms with Crippen LogP contribution in [-0.4, -0.2) is 18.5 Å². The highest BCUT2D eigenvalue weighted by molar-refractivity contribution is 5.95. The number of amides is 1. The zero-order valence-corrected chi connectivity index (χ0v) is 13.0. The van der Waals surface area contributed by atoms with E-state index in [0.29, 0.717) is 12.6 Å². The SMILES string of the molecule is CCNC(=O)c1ccc(C)c(NC2CC(C(C)C)C2)c1. The molecule has 1 aromatic carbocycles. The number of rotatable bonds is 5. The van der Waals surface area contributed by atoms with Gasteiger partial charge in [-0.15, -0.1) is 0 Å². The number of hydrogen-bond acceptors (Lipinski definition) is 2. The van der Waals surface area contributed by atoms with E-state index in [0.717, 1.165) is 23.1 Å². The van der Waals surface area contributed by atoms with E-state index in [1.54, 1.807) is 0 Å². The molecule has 0 aromatic heterocycles. The Bertz CT molecular complexity index is 476. The summed E-state index contributed by atoms with van der Waals surface area (Å²) in [6.07, 6.45) is 2.48. The van der Waals surface area contributed by atoms with Crippen LogP contribution in [0.3, 0.4) is 0 Å². The molecule has 1 amide bonds. The zero-order chi connectivity index (χ0) is 14.7. The van der Waals surface area contributed by atoms with Crippen molar-refractivity contribution in [2.24, 2.45) is 11.8 Å². The van der Waals surface area contributed by atoms with Crippen LogP contribution in [0.4, 0.5) is 5.69 Å². The lowest BCUT2D eigenvalue weighted by molar-refractivity contribution is 0.0956. The van der Waals surface area contributed by atoms with Crippen molar-refractivity contribution in [1.82, 2.24) is 5.32 Å². The molecule has 3 heteroatoms. The number of carbonyl (C=O) groups is 1. The quantitative estimate of drug-likeness (QED) is 0.861. The van der Waals surface area contributed by atoms with Gasteiger partial charge in [-0.3, -0.25) is 4.79 Å². The van der Waals surface area contributed by atoms with Crippen molar-refractivity contribution >= 4 is 11.6 Å². The summed E-state index contributed by atoms with van der Waals surface area (Å²) < 4.78 is 0. The van der Waals surface area contributed by atoms with Crippen molar-refractivity contribution in [1.29, 1.82) is 0 Å².